The summed E-state index contributed by atoms with van der Waals surface area (Å²) < 4.78 is 9.82. The lowest BCUT2D eigenvalue weighted by Gasteiger charge is -1.95. The van der Waals surface area contributed by atoms with Crippen LogP contribution in [0.25, 0.3) is 11.5 Å². The molecule has 0 aliphatic heterocycles. The third kappa shape index (κ3) is 2.73. The van der Waals surface area contributed by atoms with E-state index in [1.54, 1.807) is 6.92 Å². The molecule has 8 nitrogen and oxygen atoms in total. The van der Waals surface area contributed by atoms with E-state index in [0.717, 1.165) is 0 Å². The predicted octanol–water partition coefficient (Wildman–Crippen LogP) is 1.82. The number of ether oxygens (including phenoxy) is 1. The molecule has 0 saturated carbocycles. The highest BCUT2D eigenvalue weighted by atomic mass is 16.6. The number of carbonyl (C=O) groups excluding carboxylic acids is 1. The van der Waals surface area contributed by atoms with Crippen molar-refractivity contribution < 1.29 is 18.9 Å². The molecule has 0 bridgehead atoms. The first-order valence-electron chi connectivity index (χ1n) is 5.37. The van der Waals surface area contributed by atoms with E-state index in [-0.39, 0.29) is 24.1 Å². The Morgan fingerprint density at radius 1 is 1.37 bits per heavy atom. The summed E-state index contributed by atoms with van der Waals surface area (Å²) in [5, 5.41) is 17.7. The molecule has 98 valence electrons. The van der Waals surface area contributed by atoms with Crippen LogP contribution in [0.2, 0.25) is 0 Å². The van der Waals surface area contributed by atoms with Gasteiger partial charge >= 0.3 is 11.9 Å². The topological polar surface area (TPSA) is 108 Å². The van der Waals surface area contributed by atoms with Gasteiger partial charge in [-0.1, -0.05) is 0 Å². The van der Waals surface area contributed by atoms with Gasteiger partial charge in [-0.2, -0.15) is 0 Å². The number of hydrogen-bond acceptors (Lipinski definition) is 7. The summed E-state index contributed by atoms with van der Waals surface area (Å²) in [7, 11) is 0. The molecule has 0 aliphatic rings. The quantitative estimate of drug-likeness (QED) is 0.470. The lowest BCUT2D eigenvalue weighted by molar-refractivity contribution is -0.384. The van der Waals surface area contributed by atoms with Crippen molar-refractivity contribution in [2.24, 2.45) is 0 Å². The summed E-state index contributed by atoms with van der Waals surface area (Å²) in [6.45, 7) is 1.86. The van der Waals surface area contributed by atoms with E-state index in [1.807, 2.05) is 0 Å². The Labute approximate surface area is 107 Å². The minimum Gasteiger partial charge on any atom is -0.459 e. The zero-order chi connectivity index (χ0) is 13.8. The molecule has 8 heteroatoms. The van der Waals surface area contributed by atoms with Crippen LogP contribution in [0.5, 0.6) is 0 Å². The minimum atomic E-state index is -0.705. The lowest BCUT2D eigenvalue weighted by Crippen LogP contribution is -2.04. The van der Waals surface area contributed by atoms with Gasteiger partial charge < -0.3 is 9.15 Å². The maximum absolute atomic E-state index is 11.3. The first-order valence-corrected chi connectivity index (χ1v) is 5.37. The Kier molecular flexibility index (Phi) is 3.51. The smallest absolute Gasteiger partial charge is 0.396 e. The van der Waals surface area contributed by atoms with Gasteiger partial charge in [0, 0.05) is 17.7 Å². The van der Waals surface area contributed by atoms with Gasteiger partial charge in [-0.3, -0.25) is 10.1 Å². The fourth-order valence-electron chi connectivity index (χ4n) is 1.34. The van der Waals surface area contributed by atoms with Gasteiger partial charge in [0.05, 0.1) is 11.5 Å². The van der Waals surface area contributed by atoms with Crippen LogP contribution in [0.4, 0.5) is 5.69 Å². The van der Waals surface area contributed by atoms with E-state index in [2.05, 4.69) is 10.2 Å². The second-order valence-electron chi connectivity index (χ2n) is 3.44. The summed E-state index contributed by atoms with van der Waals surface area (Å²) in [5.41, 5.74) is 0.433. The molecule has 1 heterocycles. The molecule has 0 atom stereocenters. The van der Waals surface area contributed by atoms with E-state index in [0.29, 0.717) is 5.56 Å². The number of nitrogens with zero attached hydrogens (tertiary/aromatic N) is 3. The molecule has 19 heavy (non-hydrogen) atoms. The molecule has 0 amide bonds. The number of hydrogen-bond donors (Lipinski definition) is 0. The van der Waals surface area contributed by atoms with Crippen LogP contribution in [-0.4, -0.2) is 27.7 Å². The molecular formula is C11H9N3O5. The number of esters is 1. The van der Waals surface area contributed by atoms with Crippen molar-refractivity contribution in [3.63, 3.8) is 0 Å². The number of non-ortho nitro benzene ring substituents is 1. The average Bonchev–Trinajstić information content (AvgIpc) is 2.89. The summed E-state index contributed by atoms with van der Waals surface area (Å²) >= 11 is 0. The van der Waals surface area contributed by atoms with Gasteiger partial charge in [0.25, 0.3) is 5.69 Å². The third-order valence-corrected chi connectivity index (χ3v) is 2.20. The molecule has 0 aliphatic carbocycles. The second-order valence-corrected chi connectivity index (χ2v) is 3.44. The number of rotatable bonds is 4. The number of benzene rings is 1. The SMILES string of the molecule is CCOC(=O)c1nnc(-c2ccc([N+](=O)[O-])cc2)o1. The maximum Gasteiger partial charge on any atom is 0.396 e. The van der Waals surface area contributed by atoms with Crippen LogP contribution in [0.1, 0.15) is 17.6 Å². The molecule has 2 rings (SSSR count). The normalized spacial score (nSPS) is 10.2. The zero-order valence-corrected chi connectivity index (χ0v) is 9.90. The molecule has 0 spiro atoms. The molecule has 0 saturated heterocycles. The number of nitro benzene ring substituents is 1. The van der Waals surface area contributed by atoms with Crippen molar-refractivity contribution >= 4 is 11.7 Å². The molecule has 0 N–H and O–H groups in total. The van der Waals surface area contributed by atoms with Crippen LogP contribution < -0.4 is 0 Å². The summed E-state index contributed by atoms with van der Waals surface area (Å²) in [5.74, 6) is -0.865. The molecule has 2 aromatic rings. The van der Waals surface area contributed by atoms with E-state index in [1.165, 1.54) is 24.3 Å². The third-order valence-electron chi connectivity index (χ3n) is 2.20. The fourth-order valence-corrected chi connectivity index (χ4v) is 1.34. The molecule has 1 aromatic heterocycles. The van der Waals surface area contributed by atoms with E-state index in [4.69, 9.17) is 9.15 Å². The summed E-state index contributed by atoms with van der Waals surface area (Å²) in [4.78, 5) is 21.3. The molecule has 0 unspecified atom stereocenters. The van der Waals surface area contributed by atoms with E-state index >= 15 is 0 Å². The van der Waals surface area contributed by atoms with Gasteiger partial charge in [-0.25, -0.2) is 4.79 Å². The Morgan fingerprint density at radius 3 is 2.63 bits per heavy atom. The van der Waals surface area contributed by atoms with Gasteiger partial charge in [0.2, 0.25) is 5.89 Å². The highest BCUT2D eigenvalue weighted by molar-refractivity contribution is 5.84. The van der Waals surface area contributed by atoms with Crippen LogP contribution in [-0.2, 0) is 4.74 Å². The van der Waals surface area contributed by atoms with Gasteiger partial charge in [0.1, 0.15) is 0 Å². The largest absolute Gasteiger partial charge is 0.459 e. The standard InChI is InChI=1S/C11H9N3O5/c1-2-18-11(15)10-13-12-9(19-10)7-3-5-8(6-4-7)14(16)17/h3-6H,2H2,1H3. The van der Waals surface area contributed by atoms with Gasteiger partial charge in [-0.15, -0.1) is 10.2 Å². The Hall–Kier alpha value is -2.77. The van der Waals surface area contributed by atoms with Crippen molar-refractivity contribution in [3.8, 4) is 11.5 Å². The van der Waals surface area contributed by atoms with Gasteiger partial charge in [0.15, 0.2) is 0 Å². The van der Waals surface area contributed by atoms with Crippen molar-refractivity contribution in [3.05, 3.63) is 40.3 Å². The Bertz CT molecular complexity index is 605. The summed E-state index contributed by atoms with van der Waals surface area (Å²) in [6.07, 6.45) is 0. The highest BCUT2D eigenvalue weighted by Gasteiger charge is 2.17. The second kappa shape index (κ2) is 5.25. The van der Waals surface area contributed by atoms with Crippen LogP contribution in [0, 0.1) is 10.1 Å². The minimum absolute atomic E-state index is 0.0473. The van der Waals surface area contributed by atoms with Crippen LogP contribution in [0.15, 0.2) is 28.7 Å². The summed E-state index contributed by atoms with van der Waals surface area (Å²) in [6, 6.07) is 5.54. The van der Waals surface area contributed by atoms with E-state index < -0.39 is 10.9 Å². The van der Waals surface area contributed by atoms with Gasteiger partial charge in [-0.05, 0) is 19.1 Å². The Balaban J connectivity index is 2.23. The zero-order valence-electron chi connectivity index (χ0n) is 9.90. The average molecular weight is 263 g/mol. The Morgan fingerprint density at radius 2 is 2.05 bits per heavy atom. The van der Waals surface area contributed by atoms with Crippen molar-refractivity contribution in [2.45, 2.75) is 6.92 Å². The number of aromatic nitrogens is 2. The molecule has 1 aromatic carbocycles. The monoisotopic (exact) mass is 263 g/mol. The van der Waals surface area contributed by atoms with E-state index in [9.17, 15) is 14.9 Å². The molecular weight excluding hydrogens is 254 g/mol. The number of carbonyl (C=O) groups is 1. The first-order chi connectivity index (χ1) is 9.11. The molecule has 0 fully saturated rings. The van der Waals surface area contributed by atoms with Crippen LogP contribution in [0.3, 0.4) is 0 Å². The number of nitro groups is 1. The predicted molar refractivity (Wildman–Crippen MR) is 62.3 cm³/mol. The van der Waals surface area contributed by atoms with Crippen molar-refractivity contribution in [1.82, 2.24) is 10.2 Å². The van der Waals surface area contributed by atoms with Crippen molar-refractivity contribution in [1.29, 1.82) is 0 Å². The maximum atomic E-state index is 11.3. The van der Waals surface area contributed by atoms with Crippen molar-refractivity contribution in [2.75, 3.05) is 6.61 Å². The fraction of sp³-hybridized carbons (Fsp3) is 0.182. The first kappa shape index (κ1) is 12.7. The lowest BCUT2D eigenvalue weighted by atomic mass is 10.2. The molecule has 0 radical (unpaired) electrons. The van der Waals surface area contributed by atoms with Crippen LogP contribution >= 0.6 is 0 Å². The highest BCUT2D eigenvalue weighted by Crippen LogP contribution is 2.21.